The van der Waals surface area contributed by atoms with Crippen molar-refractivity contribution in [3.63, 3.8) is 0 Å². The van der Waals surface area contributed by atoms with Gasteiger partial charge in [-0.3, -0.25) is 4.98 Å². The zero-order valence-electron chi connectivity index (χ0n) is 7.29. The summed E-state index contributed by atoms with van der Waals surface area (Å²) >= 11 is 1.88. The summed E-state index contributed by atoms with van der Waals surface area (Å²) in [5.74, 6) is 1.22. The molecule has 12 heavy (non-hydrogen) atoms. The third-order valence-corrected chi connectivity index (χ3v) is 2.23. The average Bonchev–Trinajstić information content (AvgIpc) is 2.14. The van der Waals surface area contributed by atoms with Crippen LogP contribution in [-0.4, -0.2) is 23.5 Å². The predicted octanol–water partition coefficient (Wildman–Crippen LogP) is 2.25. The van der Waals surface area contributed by atoms with Crippen LogP contribution >= 0.6 is 11.8 Å². The first-order chi connectivity index (χ1) is 5.93. The minimum absolute atomic E-state index is 1.05. The predicted molar refractivity (Wildman–Crippen MR) is 55.7 cm³/mol. The quantitative estimate of drug-likeness (QED) is 0.707. The van der Waals surface area contributed by atoms with Gasteiger partial charge in [0.25, 0.3) is 0 Å². The molecule has 0 radical (unpaired) electrons. The highest BCUT2D eigenvalue weighted by atomic mass is 32.2. The Bertz CT molecular complexity index is 201. The molecule has 1 heterocycles. The molecule has 0 atom stereocenters. The third kappa shape index (κ3) is 3.62. The lowest BCUT2D eigenvalue weighted by molar-refractivity contribution is 0.992. The number of nitrogens with one attached hydrogen (secondary N) is 1. The summed E-state index contributed by atoms with van der Waals surface area (Å²) in [5, 5.41) is 3.33. The smallest absolute Gasteiger partial charge is 0.0371 e. The maximum atomic E-state index is 3.95. The van der Waals surface area contributed by atoms with Crippen molar-refractivity contribution in [2.75, 3.05) is 23.9 Å². The number of aromatic nitrogens is 1. The first kappa shape index (κ1) is 9.39. The maximum Gasteiger partial charge on any atom is 0.0371 e. The SMILES string of the molecule is CSCCCNc1ccncc1. The standard InChI is InChI=1S/C9H14N2S/c1-12-8-2-5-11-9-3-6-10-7-4-9/h3-4,6-7H,2,5,8H2,1H3,(H,10,11). The summed E-state index contributed by atoms with van der Waals surface area (Å²) in [7, 11) is 0. The van der Waals surface area contributed by atoms with Crippen LogP contribution in [0.25, 0.3) is 0 Å². The third-order valence-electron chi connectivity index (χ3n) is 1.53. The molecule has 0 saturated carbocycles. The van der Waals surface area contributed by atoms with Gasteiger partial charge in [0.05, 0.1) is 0 Å². The van der Waals surface area contributed by atoms with Gasteiger partial charge >= 0.3 is 0 Å². The normalized spacial score (nSPS) is 9.75. The Hall–Kier alpha value is -0.700. The number of anilines is 1. The maximum absolute atomic E-state index is 3.95. The van der Waals surface area contributed by atoms with E-state index in [4.69, 9.17) is 0 Å². The lowest BCUT2D eigenvalue weighted by Gasteiger charge is -2.03. The van der Waals surface area contributed by atoms with Crippen LogP contribution in [0.5, 0.6) is 0 Å². The largest absolute Gasteiger partial charge is 0.385 e. The van der Waals surface area contributed by atoms with Crippen molar-refractivity contribution >= 4 is 17.4 Å². The molecule has 0 bridgehead atoms. The van der Waals surface area contributed by atoms with Crippen molar-refractivity contribution in [3.05, 3.63) is 24.5 Å². The van der Waals surface area contributed by atoms with Crippen molar-refractivity contribution in [2.45, 2.75) is 6.42 Å². The van der Waals surface area contributed by atoms with E-state index in [0.29, 0.717) is 0 Å². The first-order valence-corrected chi connectivity index (χ1v) is 5.45. The number of hydrogen-bond donors (Lipinski definition) is 1. The second-order valence-corrected chi connectivity index (χ2v) is 3.49. The molecule has 0 spiro atoms. The molecule has 0 aliphatic rings. The van der Waals surface area contributed by atoms with E-state index >= 15 is 0 Å². The number of thioether (sulfide) groups is 1. The van der Waals surface area contributed by atoms with E-state index in [1.165, 1.54) is 12.2 Å². The fraction of sp³-hybridized carbons (Fsp3) is 0.444. The van der Waals surface area contributed by atoms with Crippen LogP contribution in [0.15, 0.2) is 24.5 Å². The number of pyridine rings is 1. The van der Waals surface area contributed by atoms with Gasteiger partial charge in [0, 0.05) is 24.6 Å². The number of hydrogen-bond acceptors (Lipinski definition) is 3. The molecule has 1 aromatic rings. The van der Waals surface area contributed by atoms with Crippen LogP contribution in [-0.2, 0) is 0 Å². The zero-order chi connectivity index (χ0) is 8.65. The Balaban J connectivity index is 2.16. The Morgan fingerprint density at radius 2 is 2.17 bits per heavy atom. The van der Waals surface area contributed by atoms with Gasteiger partial charge in [-0.25, -0.2) is 0 Å². The summed E-state index contributed by atoms with van der Waals surface area (Å²) in [6, 6.07) is 3.97. The van der Waals surface area contributed by atoms with E-state index in [-0.39, 0.29) is 0 Å². The topological polar surface area (TPSA) is 24.9 Å². The van der Waals surface area contributed by atoms with Crippen LogP contribution in [0.2, 0.25) is 0 Å². The van der Waals surface area contributed by atoms with Crippen LogP contribution < -0.4 is 5.32 Å². The highest BCUT2D eigenvalue weighted by Gasteiger charge is 1.88. The van der Waals surface area contributed by atoms with Gasteiger partial charge < -0.3 is 5.32 Å². The van der Waals surface area contributed by atoms with E-state index < -0.39 is 0 Å². The van der Waals surface area contributed by atoms with E-state index in [0.717, 1.165) is 12.2 Å². The highest BCUT2D eigenvalue weighted by Crippen LogP contribution is 2.03. The zero-order valence-corrected chi connectivity index (χ0v) is 8.10. The molecule has 0 aliphatic heterocycles. The van der Waals surface area contributed by atoms with Gasteiger partial charge in [-0.05, 0) is 30.6 Å². The number of rotatable bonds is 5. The Morgan fingerprint density at radius 3 is 2.83 bits per heavy atom. The summed E-state index contributed by atoms with van der Waals surface area (Å²) in [4.78, 5) is 3.95. The first-order valence-electron chi connectivity index (χ1n) is 4.06. The Kier molecular flexibility index (Phi) is 4.61. The summed E-state index contributed by atoms with van der Waals surface area (Å²) in [6.45, 7) is 1.05. The summed E-state index contributed by atoms with van der Waals surface area (Å²) in [6.07, 6.45) is 6.95. The molecule has 66 valence electrons. The Labute approximate surface area is 77.8 Å². The van der Waals surface area contributed by atoms with Gasteiger partial charge in [0.1, 0.15) is 0 Å². The van der Waals surface area contributed by atoms with Crippen molar-refractivity contribution in [1.82, 2.24) is 4.98 Å². The molecule has 0 aromatic carbocycles. The average molecular weight is 182 g/mol. The van der Waals surface area contributed by atoms with Crippen LogP contribution in [0, 0.1) is 0 Å². The fourth-order valence-electron chi connectivity index (χ4n) is 0.919. The van der Waals surface area contributed by atoms with Crippen molar-refractivity contribution in [3.8, 4) is 0 Å². The van der Waals surface area contributed by atoms with Crippen LogP contribution in [0.1, 0.15) is 6.42 Å². The molecule has 0 amide bonds. The minimum atomic E-state index is 1.05. The van der Waals surface area contributed by atoms with Gasteiger partial charge in [0.15, 0.2) is 0 Å². The summed E-state index contributed by atoms with van der Waals surface area (Å²) in [5.41, 5.74) is 1.16. The number of nitrogens with zero attached hydrogens (tertiary/aromatic N) is 1. The van der Waals surface area contributed by atoms with Crippen LogP contribution in [0.4, 0.5) is 5.69 Å². The van der Waals surface area contributed by atoms with E-state index in [2.05, 4.69) is 16.6 Å². The Morgan fingerprint density at radius 1 is 1.42 bits per heavy atom. The highest BCUT2D eigenvalue weighted by molar-refractivity contribution is 7.98. The van der Waals surface area contributed by atoms with Gasteiger partial charge in [0.2, 0.25) is 0 Å². The van der Waals surface area contributed by atoms with Gasteiger partial charge in [-0.2, -0.15) is 11.8 Å². The monoisotopic (exact) mass is 182 g/mol. The minimum Gasteiger partial charge on any atom is -0.385 e. The van der Waals surface area contributed by atoms with Crippen molar-refractivity contribution < 1.29 is 0 Å². The summed E-state index contributed by atoms with van der Waals surface area (Å²) < 4.78 is 0. The van der Waals surface area contributed by atoms with Crippen LogP contribution in [0.3, 0.4) is 0 Å². The molecule has 0 aliphatic carbocycles. The molecule has 1 rings (SSSR count). The molecule has 2 nitrogen and oxygen atoms in total. The molecular weight excluding hydrogens is 168 g/mol. The molecular formula is C9H14N2S. The van der Waals surface area contributed by atoms with Gasteiger partial charge in [-0.1, -0.05) is 0 Å². The van der Waals surface area contributed by atoms with E-state index in [9.17, 15) is 0 Å². The van der Waals surface area contributed by atoms with E-state index in [1.54, 1.807) is 12.4 Å². The molecule has 3 heteroatoms. The van der Waals surface area contributed by atoms with Crippen molar-refractivity contribution in [1.29, 1.82) is 0 Å². The van der Waals surface area contributed by atoms with Gasteiger partial charge in [-0.15, -0.1) is 0 Å². The fourth-order valence-corrected chi connectivity index (χ4v) is 1.35. The molecule has 0 fully saturated rings. The molecule has 0 unspecified atom stereocenters. The van der Waals surface area contributed by atoms with Crippen molar-refractivity contribution in [2.24, 2.45) is 0 Å². The van der Waals surface area contributed by atoms with E-state index in [1.807, 2.05) is 23.9 Å². The second kappa shape index (κ2) is 5.89. The molecule has 0 saturated heterocycles. The lowest BCUT2D eigenvalue weighted by Crippen LogP contribution is -2.01. The molecule has 1 aromatic heterocycles. The molecule has 1 N–H and O–H groups in total. The lowest BCUT2D eigenvalue weighted by atomic mass is 10.4. The second-order valence-electron chi connectivity index (χ2n) is 2.51.